The van der Waals surface area contributed by atoms with Gasteiger partial charge in [0.15, 0.2) is 23.9 Å². The van der Waals surface area contributed by atoms with Gasteiger partial charge in [-0.2, -0.15) is 5.26 Å². The molecule has 0 aliphatic heterocycles. The highest BCUT2D eigenvalue weighted by Gasteiger charge is 2.16. The van der Waals surface area contributed by atoms with Crippen LogP contribution in [0.15, 0.2) is 23.0 Å². The molecule has 1 aromatic heterocycles. The number of esters is 1. The van der Waals surface area contributed by atoms with E-state index in [9.17, 15) is 14.4 Å². The van der Waals surface area contributed by atoms with Gasteiger partial charge in [-0.3, -0.25) is 14.4 Å². The number of aromatic nitrogens is 1. The summed E-state index contributed by atoms with van der Waals surface area (Å²) in [6, 6.07) is 6.55. The Hall–Kier alpha value is -3.60. The number of carbonyl (C=O) groups is 2. The number of rotatable bonds is 8. The maximum atomic E-state index is 12.3. The van der Waals surface area contributed by atoms with Crippen LogP contribution in [-0.2, 0) is 16.0 Å². The smallest absolute Gasteiger partial charge is 0.306 e. The second-order valence-electron chi connectivity index (χ2n) is 6.32. The van der Waals surface area contributed by atoms with Gasteiger partial charge >= 0.3 is 5.97 Å². The number of aryl methyl sites for hydroxylation is 1. The number of nitrogens with zero attached hydrogens (tertiary/aromatic N) is 1. The molecule has 0 bridgehead atoms. The third-order valence-corrected chi connectivity index (χ3v) is 4.57. The Bertz CT molecular complexity index is 1030. The largest absolute Gasteiger partial charge is 0.493 e. The second-order valence-corrected chi connectivity index (χ2v) is 6.32. The first-order chi connectivity index (χ1) is 13.8. The first-order valence-electron chi connectivity index (χ1n) is 8.85. The van der Waals surface area contributed by atoms with Gasteiger partial charge in [0.05, 0.1) is 14.2 Å². The first-order valence-corrected chi connectivity index (χ1v) is 8.85. The van der Waals surface area contributed by atoms with E-state index in [1.807, 2.05) is 6.07 Å². The van der Waals surface area contributed by atoms with Gasteiger partial charge in [0, 0.05) is 17.7 Å². The molecule has 0 saturated carbocycles. The Labute approximate surface area is 168 Å². The van der Waals surface area contributed by atoms with E-state index in [0.717, 1.165) is 0 Å². The quantitative estimate of drug-likeness (QED) is 0.535. The Kier molecular flexibility index (Phi) is 7.15. The average molecular weight is 398 g/mol. The van der Waals surface area contributed by atoms with Gasteiger partial charge in [0.2, 0.25) is 0 Å². The zero-order chi connectivity index (χ0) is 21.6. The van der Waals surface area contributed by atoms with Crippen molar-refractivity contribution >= 4 is 11.8 Å². The lowest BCUT2D eigenvalue weighted by Gasteiger charge is -2.11. The summed E-state index contributed by atoms with van der Waals surface area (Å²) in [6.45, 7) is 2.97. The molecular weight excluding hydrogens is 376 g/mol. The molecule has 0 fully saturated rings. The Morgan fingerprint density at radius 2 is 1.83 bits per heavy atom. The number of Topliss-reactive ketones (excluding diaryl/α,β-unsaturated/α-hetero) is 1. The number of nitrogens with one attached hydrogen (secondary N) is 1. The van der Waals surface area contributed by atoms with E-state index in [4.69, 9.17) is 19.5 Å². The molecule has 8 nitrogen and oxygen atoms in total. The van der Waals surface area contributed by atoms with E-state index < -0.39 is 18.1 Å². The van der Waals surface area contributed by atoms with Crippen molar-refractivity contribution in [3.05, 3.63) is 56.5 Å². The minimum absolute atomic E-state index is 0.0117. The Morgan fingerprint density at radius 3 is 2.45 bits per heavy atom. The van der Waals surface area contributed by atoms with Crippen molar-refractivity contribution < 1.29 is 23.8 Å². The number of methoxy groups -OCH3 is 2. The van der Waals surface area contributed by atoms with Gasteiger partial charge in [-0.15, -0.1) is 0 Å². The van der Waals surface area contributed by atoms with Crippen molar-refractivity contribution in [2.75, 3.05) is 20.8 Å². The van der Waals surface area contributed by atoms with Gasteiger partial charge in [0.1, 0.15) is 11.6 Å². The number of nitriles is 1. The van der Waals surface area contributed by atoms with Crippen LogP contribution < -0.4 is 15.0 Å². The van der Waals surface area contributed by atoms with Crippen LogP contribution in [0.2, 0.25) is 0 Å². The molecule has 0 atom stereocenters. The molecule has 0 radical (unpaired) electrons. The summed E-state index contributed by atoms with van der Waals surface area (Å²) in [6.07, 6.45) is 0.296. The maximum absolute atomic E-state index is 12.3. The topological polar surface area (TPSA) is 118 Å². The van der Waals surface area contributed by atoms with Crippen molar-refractivity contribution in [2.45, 2.75) is 26.7 Å². The van der Waals surface area contributed by atoms with Crippen molar-refractivity contribution in [1.82, 2.24) is 4.98 Å². The van der Waals surface area contributed by atoms with Crippen LogP contribution >= 0.6 is 0 Å². The molecule has 2 rings (SSSR count). The third-order valence-electron chi connectivity index (χ3n) is 4.57. The van der Waals surface area contributed by atoms with E-state index in [-0.39, 0.29) is 24.2 Å². The fourth-order valence-electron chi connectivity index (χ4n) is 2.96. The van der Waals surface area contributed by atoms with E-state index >= 15 is 0 Å². The van der Waals surface area contributed by atoms with Crippen LogP contribution in [-0.4, -0.2) is 37.6 Å². The molecule has 2 aromatic rings. The normalized spacial score (nSPS) is 10.2. The molecule has 1 heterocycles. The average Bonchev–Trinajstić information content (AvgIpc) is 2.71. The number of carbonyl (C=O) groups excluding carboxylic acids is 2. The predicted octanol–water partition coefficient (Wildman–Crippen LogP) is 2.24. The molecule has 29 heavy (non-hydrogen) atoms. The molecule has 152 valence electrons. The number of aromatic amines is 1. The highest BCUT2D eigenvalue weighted by atomic mass is 16.5. The number of H-pyrrole nitrogens is 1. The fraction of sp³-hybridized carbons (Fsp3) is 0.333. The van der Waals surface area contributed by atoms with Crippen LogP contribution in [0.25, 0.3) is 0 Å². The van der Waals surface area contributed by atoms with Crippen LogP contribution in [0.1, 0.15) is 39.2 Å². The minimum Gasteiger partial charge on any atom is -0.493 e. The van der Waals surface area contributed by atoms with E-state index in [2.05, 4.69) is 4.98 Å². The molecule has 0 aliphatic rings. The summed E-state index contributed by atoms with van der Waals surface area (Å²) in [5, 5.41) is 9.10. The second kappa shape index (κ2) is 9.55. The third kappa shape index (κ3) is 5.02. The lowest BCUT2D eigenvalue weighted by molar-refractivity contribution is -0.142. The van der Waals surface area contributed by atoms with Crippen LogP contribution in [0, 0.1) is 25.2 Å². The summed E-state index contributed by atoms with van der Waals surface area (Å²) >= 11 is 0. The van der Waals surface area contributed by atoms with Crippen molar-refractivity contribution in [1.29, 1.82) is 5.26 Å². The number of hydrogen-bond donors (Lipinski definition) is 1. The van der Waals surface area contributed by atoms with Crippen LogP contribution in [0.5, 0.6) is 11.5 Å². The van der Waals surface area contributed by atoms with Gasteiger partial charge < -0.3 is 19.2 Å². The first kappa shape index (κ1) is 21.7. The molecule has 0 unspecified atom stereocenters. The lowest BCUT2D eigenvalue weighted by atomic mass is 9.99. The Morgan fingerprint density at radius 1 is 1.14 bits per heavy atom. The summed E-state index contributed by atoms with van der Waals surface area (Å²) in [5.74, 6) is -0.0313. The molecule has 1 N–H and O–H groups in total. The summed E-state index contributed by atoms with van der Waals surface area (Å²) in [7, 11) is 2.96. The molecule has 0 spiro atoms. The lowest BCUT2D eigenvalue weighted by Crippen LogP contribution is -2.18. The standard InChI is InChI=1S/C21H22N2O6/c1-12-15(13(2)23-21(26)16(12)10-22)6-8-20(25)29-11-17(24)14-5-7-18(27-3)19(9-14)28-4/h5,7,9H,6,8,11H2,1-4H3,(H,23,26). The van der Waals surface area contributed by atoms with Gasteiger partial charge in [-0.25, -0.2) is 0 Å². The predicted molar refractivity (Wildman–Crippen MR) is 104 cm³/mol. The van der Waals surface area contributed by atoms with Crippen molar-refractivity contribution in [3.63, 3.8) is 0 Å². The molecule has 0 aliphatic carbocycles. The Balaban J connectivity index is 1.98. The number of ketones is 1. The zero-order valence-corrected chi connectivity index (χ0v) is 16.8. The van der Waals surface area contributed by atoms with Crippen LogP contribution in [0.3, 0.4) is 0 Å². The summed E-state index contributed by atoms with van der Waals surface area (Å²) in [4.78, 5) is 38.7. The summed E-state index contributed by atoms with van der Waals surface area (Å²) in [5.41, 5.74) is 1.77. The number of pyridine rings is 1. The molecule has 1 aromatic carbocycles. The molecule has 0 saturated heterocycles. The molecular formula is C21H22N2O6. The number of benzene rings is 1. The maximum Gasteiger partial charge on any atom is 0.306 e. The van der Waals surface area contributed by atoms with E-state index in [0.29, 0.717) is 33.9 Å². The number of hydrogen-bond acceptors (Lipinski definition) is 7. The fourth-order valence-corrected chi connectivity index (χ4v) is 2.96. The van der Waals surface area contributed by atoms with Crippen molar-refractivity contribution in [3.8, 4) is 17.6 Å². The number of ether oxygens (including phenoxy) is 3. The highest BCUT2D eigenvalue weighted by Crippen LogP contribution is 2.27. The highest BCUT2D eigenvalue weighted by molar-refractivity contribution is 5.98. The molecule has 0 amide bonds. The zero-order valence-electron chi connectivity index (χ0n) is 16.8. The monoisotopic (exact) mass is 398 g/mol. The SMILES string of the molecule is COc1ccc(C(=O)COC(=O)CCc2c(C)[nH]c(=O)c(C#N)c2C)cc1OC. The van der Waals surface area contributed by atoms with E-state index in [1.54, 1.807) is 26.0 Å². The van der Waals surface area contributed by atoms with Gasteiger partial charge in [-0.05, 0) is 49.6 Å². The van der Waals surface area contributed by atoms with E-state index in [1.165, 1.54) is 20.3 Å². The van der Waals surface area contributed by atoms with Gasteiger partial charge in [-0.1, -0.05) is 0 Å². The minimum atomic E-state index is -0.553. The summed E-state index contributed by atoms with van der Waals surface area (Å²) < 4.78 is 15.4. The van der Waals surface area contributed by atoms with Crippen molar-refractivity contribution in [2.24, 2.45) is 0 Å². The van der Waals surface area contributed by atoms with Gasteiger partial charge in [0.25, 0.3) is 5.56 Å². The van der Waals surface area contributed by atoms with Crippen LogP contribution in [0.4, 0.5) is 0 Å². The molecule has 8 heteroatoms.